The summed E-state index contributed by atoms with van der Waals surface area (Å²) in [4.78, 5) is 0. The topological polar surface area (TPSA) is 18.5 Å². The smallest absolute Gasteiger partial charge is 0.141 e. The Labute approximate surface area is 108 Å². The molecule has 0 atom stereocenters. The summed E-state index contributed by atoms with van der Waals surface area (Å²) in [5.41, 5.74) is 2.47. The van der Waals surface area contributed by atoms with Gasteiger partial charge in [0, 0.05) is 11.6 Å². The molecule has 0 radical (unpaired) electrons. The van der Waals surface area contributed by atoms with Gasteiger partial charge < -0.3 is 9.47 Å². The SMILES string of the molecule is COc1cc(OC)c(C2CC2)c(C(C)C)c1Cl. The van der Waals surface area contributed by atoms with E-state index < -0.39 is 0 Å². The largest absolute Gasteiger partial charge is 0.496 e. The van der Waals surface area contributed by atoms with Crippen molar-refractivity contribution < 1.29 is 9.47 Å². The molecule has 1 saturated carbocycles. The maximum Gasteiger partial charge on any atom is 0.141 e. The van der Waals surface area contributed by atoms with Crippen LogP contribution in [0.4, 0.5) is 0 Å². The molecule has 17 heavy (non-hydrogen) atoms. The van der Waals surface area contributed by atoms with Gasteiger partial charge in [-0.15, -0.1) is 0 Å². The Morgan fingerprint density at radius 1 is 1.18 bits per heavy atom. The molecular formula is C14H19ClO2. The minimum Gasteiger partial charge on any atom is -0.496 e. The van der Waals surface area contributed by atoms with E-state index in [9.17, 15) is 0 Å². The monoisotopic (exact) mass is 254 g/mol. The van der Waals surface area contributed by atoms with Gasteiger partial charge in [0.05, 0.1) is 19.2 Å². The number of hydrogen-bond donors (Lipinski definition) is 0. The van der Waals surface area contributed by atoms with Gasteiger partial charge >= 0.3 is 0 Å². The maximum atomic E-state index is 6.43. The molecule has 0 amide bonds. The number of ether oxygens (including phenoxy) is 2. The van der Waals surface area contributed by atoms with Crippen LogP contribution in [0, 0.1) is 0 Å². The van der Waals surface area contributed by atoms with Crippen LogP contribution in [0.2, 0.25) is 5.02 Å². The lowest BCUT2D eigenvalue weighted by molar-refractivity contribution is 0.389. The lowest BCUT2D eigenvalue weighted by Gasteiger charge is -2.20. The standard InChI is InChI=1S/C14H19ClO2/c1-8(2)12-13(9-5-6-9)10(16-3)7-11(17-4)14(12)15/h7-9H,5-6H2,1-4H3. The minimum atomic E-state index is 0.377. The van der Waals surface area contributed by atoms with E-state index in [1.54, 1.807) is 14.2 Å². The van der Waals surface area contributed by atoms with Crippen LogP contribution in [-0.4, -0.2) is 14.2 Å². The first kappa shape index (κ1) is 12.6. The molecular weight excluding hydrogens is 236 g/mol. The van der Waals surface area contributed by atoms with Gasteiger partial charge in [0.2, 0.25) is 0 Å². The highest BCUT2D eigenvalue weighted by molar-refractivity contribution is 6.33. The van der Waals surface area contributed by atoms with Crippen LogP contribution in [0.25, 0.3) is 0 Å². The summed E-state index contributed by atoms with van der Waals surface area (Å²) in [7, 11) is 3.35. The normalized spacial score (nSPS) is 15.2. The molecule has 1 aliphatic rings. The highest BCUT2D eigenvalue weighted by atomic mass is 35.5. The lowest BCUT2D eigenvalue weighted by atomic mass is 9.93. The van der Waals surface area contributed by atoms with Crippen LogP contribution in [-0.2, 0) is 0 Å². The van der Waals surface area contributed by atoms with Gasteiger partial charge in [0.1, 0.15) is 11.5 Å². The molecule has 2 rings (SSSR count). The van der Waals surface area contributed by atoms with E-state index >= 15 is 0 Å². The fourth-order valence-corrected chi connectivity index (χ4v) is 2.77. The summed E-state index contributed by atoms with van der Waals surface area (Å²) in [5, 5.41) is 0.741. The molecule has 2 nitrogen and oxygen atoms in total. The van der Waals surface area contributed by atoms with Gasteiger partial charge in [-0.05, 0) is 30.2 Å². The second kappa shape index (κ2) is 4.77. The van der Waals surface area contributed by atoms with E-state index in [4.69, 9.17) is 21.1 Å². The molecule has 0 N–H and O–H groups in total. The van der Waals surface area contributed by atoms with E-state index in [0.29, 0.717) is 17.6 Å². The number of hydrogen-bond acceptors (Lipinski definition) is 2. The predicted octanol–water partition coefficient (Wildman–Crippen LogP) is 4.36. The Hall–Kier alpha value is -0.890. The molecule has 0 bridgehead atoms. The zero-order valence-electron chi connectivity index (χ0n) is 10.8. The molecule has 0 aromatic heterocycles. The third-order valence-corrected chi connectivity index (χ3v) is 3.66. The zero-order chi connectivity index (χ0) is 12.6. The third kappa shape index (κ3) is 2.23. The quantitative estimate of drug-likeness (QED) is 0.795. The molecule has 1 fully saturated rings. The van der Waals surface area contributed by atoms with Crippen molar-refractivity contribution in [3.8, 4) is 11.5 Å². The Morgan fingerprint density at radius 3 is 2.18 bits per heavy atom. The van der Waals surface area contributed by atoms with Gasteiger partial charge in [-0.1, -0.05) is 25.4 Å². The highest BCUT2D eigenvalue weighted by Crippen LogP contribution is 2.51. The van der Waals surface area contributed by atoms with E-state index in [2.05, 4.69) is 13.8 Å². The Kier molecular flexibility index (Phi) is 3.53. The number of benzene rings is 1. The number of halogens is 1. The van der Waals surface area contributed by atoms with Crippen molar-refractivity contribution in [2.75, 3.05) is 14.2 Å². The Bertz CT molecular complexity index is 423. The predicted molar refractivity (Wildman–Crippen MR) is 70.6 cm³/mol. The Morgan fingerprint density at radius 2 is 1.76 bits per heavy atom. The molecule has 94 valence electrons. The molecule has 3 heteroatoms. The average Bonchev–Trinajstić information content (AvgIpc) is 3.11. The molecule has 0 unspecified atom stereocenters. The molecule has 0 heterocycles. The first-order valence-corrected chi connectivity index (χ1v) is 6.42. The third-order valence-electron chi connectivity index (χ3n) is 3.27. The van der Waals surface area contributed by atoms with Crippen LogP contribution in [0.15, 0.2) is 6.07 Å². The van der Waals surface area contributed by atoms with Crippen LogP contribution in [0.5, 0.6) is 11.5 Å². The van der Waals surface area contributed by atoms with Crippen molar-refractivity contribution in [2.24, 2.45) is 0 Å². The molecule has 0 aliphatic heterocycles. The van der Waals surface area contributed by atoms with Crippen molar-refractivity contribution in [3.63, 3.8) is 0 Å². The van der Waals surface area contributed by atoms with Gasteiger partial charge in [-0.3, -0.25) is 0 Å². The van der Waals surface area contributed by atoms with Gasteiger partial charge in [-0.25, -0.2) is 0 Å². The fourth-order valence-electron chi connectivity index (χ4n) is 2.32. The average molecular weight is 255 g/mol. The van der Waals surface area contributed by atoms with Crippen molar-refractivity contribution >= 4 is 11.6 Å². The van der Waals surface area contributed by atoms with Crippen LogP contribution in [0.3, 0.4) is 0 Å². The molecule has 1 aromatic rings. The summed E-state index contributed by atoms with van der Waals surface area (Å²) < 4.78 is 10.8. The molecule has 1 aliphatic carbocycles. The van der Waals surface area contributed by atoms with Crippen molar-refractivity contribution in [2.45, 2.75) is 38.5 Å². The van der Waals surface area contributed by atoms with Crippen LogP contribution >= 0.6 is 11.6 Å². The molecule has 0 saturated heterocycles. The second-order valence-corrected chi connectivity index (χ2v) is 5.23. The number of methoxy groups -OCH3 is 2. The van der Waals surface area contributed by atoms with Crippen molar-refractivity contribution in [1.82, 2.24) is 0 Å². The summed E-state index contributed by atoms with van der Waals surface area (Å²) in [6.07, 6.45) is 2.47. The highest BCUT2D eigenvalue weighted by Gasteiger charge is 2.32. The van der Waals surface area contributed by atoms with Gasteiger partial charge in [0.15, 0.2) is 0 Å². The van der Waals surface area contributed by atoms with E-state index in [-0.39, 0.29) is 0 Å². The van der Waals surface area contributed by atoms with Gasteiger partial charge in [-0.2, -0.15) is 0 Å². The van der Waals surface area contributed by atoms with E-state index in [1.165, 1.54) is 24.0 Å². The summed E-state index contributed by atoms with van der Waals surface area (Å²) in [6, 6.07) is 1.90. The van der Waals surface area contributed by atoms with E-state index in [1.807, 2.05) is 6.07 Å². The lowest BCUT2D eigenvalue weighted by Crippen LogP contribution is -2.02. The first-order valence-electron chi connectivity index (χ1n) is 6.04. The van der Waals surface area contributed by atoms with Crippen molar-refractivity contribution in [3.05, 3.63) is 22.2 Å². The fraction of sp³-hybridized carbons (Fsp3) is 0.571. The summed E-state index contributed by atoms with van der Waals surface area (Å²) in [6.45, 7) is 4.32. The van der Waals surface area contributed by atoms with Crippen LogP contribution < -0.4 is 9.47 Å². The maximum absolute atomic E-state index is 6.43. The number of rotatable bonds is 4. The first-order chi connectivity index (χ1) is 8.10. The molecule has 1 aromatic carbocycles. The zero-order valence-corrected chi connectivity index (χ0v) is 11.6. The summed E-state index contributed by atoms with van der Waals surface area (Å²) in [5.74, 6) is 2.61. The molecule has 0 spiro atoms. The van der Waals surface area contributed by atoms with Crippen LogP contribution in [0.1, 0.15) is 49.7 Å². The van der Waals surface area contributed by atoms with E-state index in [0.717, 1.165) is 10.8 Å². The summed E-state index contributed by atoms with van der Waals surface area (Å²) >= 11 is 6.43. The van der Waals surface area contributed by atoms with Crippen molar-refractivity contribution in [1.29, 1.82) is 0 Å². The van der Waals surface area contributed by atoms with Gasteiger partial charge in [0.25, 0.3) is 0 Å². The minimum absolute atomic E-state index is 0.377. The Balaban J connectivity index is 2.64. The second-order valence-electron chi connectivity index (χ2n) is 4.85.